The number of nitrogens with zero attached hydrogens (tertiary/aromatic N) is 3. The minimum absolute atomic E-state index is 0.0374. The van der Waals surface area contributed by atoms with Crippen LogP contribution in [0.3, 0.4) is 0 Å². The quantitative estimate of drug-likeness (QED) is 0.00741. The Morgan fingerprint density at radius 2 is 0.966 bits per heavy atom. The van der Waals surface area contributed by atoms with Gasteiger partial charge in [-0.2, -0.15) is 5.10 Å². The lowest BCUT2D eigenvalue weighted by Gasteiger charge is -2.26. The molecule has 0 N–H and O–H groups in total. The van der Waals surface area contributed by atoms with Crippen molar-refractivity contribution in [2.45, 2.75) is 110 Å². The van der Waals surface area contributed by atoms with Gasteiger partial charge in [0, 0.05) is 37.5 Å². The highest BCUT2D eigenvalue weighted by Crippen LogP contribution is 2.35. The van der Waals surface area contributed by atoms with E-state index in [9.17, 15) is 33.6 Å². The number of fused-ring (bicyclic) bond motifs is 1. The number of para-hydroxylation sites is 1. The van der Waals surface area contributed by atoms with Crippen LogP contribution >= 0.6 is 11.3 Å². The third-order valence-corrected chi connectivity index (χ3v) is 15.5. The highest BCUT2D eigenvalue weighted by Gasteiger charge is 2.34. The molecule has 87 heavy (non-hydrogen) atoms. The molecule has 0 unspecified atom stereocenters. The molecule has 464 valence electrons. The number of benzene rings is 4. The number of thiazole rings is 1. The van der Waals surface area contributed by atoms with E-state index in [1.54, 1.807) is 66.7 Å². The molecule has 2 saturated carbocycles. The van der Waals surface area contributed by atoms with Crippen LogP contribution in [0, 0.1) is 30.6 Å². The van der Waals surface area contributed by atoms with Gasteiger partial charge in [-0.05, 0) is 170 Å². The fourth-order valence-electron chi connectivity index (χ4n) is 9.42. The van der Waals surface area contributed by atoms with E-state index in [2.05, 4.69) is 19.7 Å². The van der Waals surface area contributed by atoms with Crippen molar-refractivity contribution >= 4 is 74.7 Å². The van der Waals surface area contributed by atoms with E-state index >= 15 is 0 Å². The number of rotatable bonds is 32. The van der Waals surface area contributed by atoms with Crippen LogP contribution < -0.4 is 28.7 Å². The molecular formula is C67H79N3O16S. The second kappa shape index (κ2) is 37.2. The Hall–Kier alpha value is -8.49. The summed E-state index contributed by atoms with van der Waals surface area (Å²) in [5, 5.41) is 6.81. The van der Waals surface area contributed by atoms with E-state index in [0.717, 1.165) is 85.9 Å². The summed E-state index contributed by atoms with van der Waals surface area (Å²) in [7, 11) is 1.70. The van der Waals surface area contributed by atoms with E-state index in [4.69, 9.17) is 52.7 Å². The van der Waals surface area contributed by atoms with E-state index in [-0.39, 0.29) is 48.5 Å². The smallest absolute Gasteiger partial charge is 0.330 e. The number of esters is 7. The number of carbonyl (C=O) groups excluding carboxylic acids is 7. The maximum absolute atomic E-state index is 13.8. The number of hydrogen-bond acceptors (Lipinski definition) is 20. The van der Waals surface area contributed by atoms with E-state index in [0.29, 0.717) is 99.1 Å². The van der Waals surface area contributed by atoms with E-state index < -0.39 is 41.6 Å². The maximum atomic E-state index is 13.8. The van der Waals surface area contributed by atoms with Crippen molar-refractivity contribution < 1.29 is 76.2 Å². The number of aryl methyl sites for hydroxylation is 1. The molecule has 0 atom stereocenters. The van der Waals surface area contributed by atoms with Crippen LogP contribution in [0.2, 0.25) is 0 Å². The van der Waals surface area contributed by atoms with Crippen LogP contribution in [-0.2, 0) is 52.5 Å². The van der Waals surface area contributed by atoms with Crippen molar-refractivity contribution in [2.24, 2.45) is 28.8 Å². The number of unbranched alkanes of at least 4 members (excludes halogenated alkanes) is 6. The minimum Gasteiger partial charge on any atom is -0.494 e. The highest BCUT2D eigenvalue weighted by molar-refractivity contribution is 7.22. The zero-order valence-electron chi connectivity index (χ0n) is 49.7. The van der Waals surface area contributed by atoms with Crippen LogP contribution in [0.15, 0.2) is 134 Å². The fraction of sp³-hybridized carbons (Fsp3) is 0.418. The number of hydrazone groups is 1. The molecule has 0 aliphatic heterocycles. The first kappa shape index (κ1) is 67.6. The number of ether oxygens (including phenoxy) is 9. The van der Waals surface area contributed by atoms with Gasteiger partial charge in [-0.1, -0.05) is 67.3 Å². The number of aromatic nitrogens is 1. The highest BCUT2D eigenvalue weighted by atomic mass is 32.1. The Labute approximate surface area is 512 Å². The summed E-state index contributed by atoms with van der Waals surface area (Å²) in [6.07, 6.45) is 16.0. The first-order valence-electron chi connectivity index (χ1n) is 29.6. The largest absolute Gasteiger partial charge is 0.494 e. The van der Waals surface area contributed by atoms with Gasteiger partial charge in [-0.15, -0.1) is 0 Å². The minimum atomic E-state index is -0.594. The summed E-state index contributed by atoms with van der Waals surface area (Å²) in [4.78, 5) is 92.0. The van der Waals surface area contributed by atoms with Gasteiger partial charge < -0.3 is 42.6 Å². The van der Waals surface area contributed by atoms with Crippen molar-refractivity contribution in [3.05, 3.63) is 140 Å². The summed E-state index contributed by atoms with van der Waals surface area (Å²) in [6.45, 7) is 14.4. The van der Waals surface area contributed by atoms with Crippen molar-refractivity contribution in [2.75, 3.05) is 51.7 Å². The van der Waals surface area contributed by atoms with Crippen molar-refractivity contribution in [1.29, 1.82) is 0 Å². The topological polar surface area (TPSA) is 231 Å². The molecule has 0 bridgehead atoms. The summed E-state index contributed by atoms with van der Waals surface area (Å²) < 4.78 is 50.0. The fourth-order valence-corrected chi connectivity index (χ4v) is 10.4. The molecule has 4 aromatic carbocycles. The van der Waals surface area contributed by atoms with Gasteiger partial charge in [0.05, 0.1) is 66.5 Å². The molecule has 0 spiro atoms. The Balaban J connectivity index is 0.000000830. The van der Waals surface area contributed by atoms with Gasteiger partial charge in [0.25, 0.3) is 0 Å². The van der Waals surface area contributed by atoms with Crippen molar-refractivity contribution in [3.8, 4) is 28.7 Å². The SMILES string of the molecule is C=CC(=O)OCCCCCCOC.C=CC(=O)OCCCCCCOc1ccc(OC(=O)C2CCC(C(=O)Oc3ccc(OC(=O)C4CCC(C(=O)Oc5ccc(C)cc5)CC4)c(/C=N/N(CCOC(=O)C=C)c4nc5ccccc5s4)c3)CC2)cc1. The predicted octanol–water partition coefficient (Wildman–Crippen LogP) is 12.4. The lowest BCUT2D eigenvalue weighted by molar-refractivity contribution is -0.145. The first-order chi connectivity index (χ1) is 42.2. The second-order valence-electron chi connectivity index (χ2n) is 20.9. The molecule has 19 nitrogen and oxygen atoms in total. The van der Waals surface area contributed by atoms with Crippen molar-refractivity contribution in [3.63, 3.8) is 0 Å². The summed E-state index contributed by atoms with van der Waals surface area (Å²) in [5.74, 6) is -2.81. The van der Waals surface area contributed by atoms with Crippen LogP contribution in [0.5, 0.6) is 28.7 Å². The van der Waals surface area contributed by atoms with Gasteiger partial charge in [0.2, 0.25) is 5.13 Å². The molecule has 0 saturated heterocycles. The molecule has 2 fully saturated rings. The number of methoxy groups -OCH3 is 1. The molecular weight excluding hydrogens is 1130 g/mol. The van der Waals surface area contributed by atoms with Crippen LogP contribution in [0.1, 0.15) is 114 Å². The lowest BCUT2D eigenvalue weighted by atomic mass is 9.82. The molecule has 7 rings (SSSR count). The van der Waals surface area contributed by atoms with Crippen LogP contribution in [0.4, 0.5) is 5.13 Å². The Bertz CT molecular complexity index is 3050. The third kappa shape index (κ3) is 23.7. The van der Waals surface area contributed by atoms with Gasteiger partial charge in [0.15, 0.2) is 0 Å². The first-order valence-corrected chi connectivity index (χ1v) is 30.4. The average Bonchev–Trinajstić information content (AvgIpc) is 3.41. The van der Waals surface area contributed by atoms with Crippen LogP contribution in [0.25, 0.3) is 10.2 Å². The Kier molecular flexibility index (Phi) is 28.9. The lowest BCUT2D eigenvalue weighted by Crippen LogP contribution is -2.30. The molecule has 5 aromatic rings. The van der Waals surface area contributed by atoms with Gasteiger partial charge in [-0.3, -0.25) is 19.2 Å². The molecule has 0 radical (unpaired) electrons. The third-order valence-electron chi connectivity index (χ3n) is 14.4. The van der Waals surface area contributed by atoms with Gasteiger partial charge in [-0.25, -0.2) is 24.4 Å². The van der Waals surface area contributed by atoms with Crippen LogP contribution in [-0.4, -0.2) is 99.7 Å². The summed E-state index contributed by atoms with van der Waals surface area (Å²) >= 11 is 1.39. The van der Waals surface area contributed by atoms with Gasteiger partial charge in [0.1, 0.15) is 35.4 Å². The standard InChI is InChI=1S/C57H61N3O13S.C10H18O3/c1-4-51(61)68-34-11-7-6-10-33-67-44-26-28-46(29-27-44)71-54(64)39-16-18-41(19-17-39)55(65)72-47-30-31-49(73-56(66)42-22-20-40(21-23-42)53(63)70-45-24-14-38(3)15-25-45)43(36-47)37-58-60(32-35-69-52(62)5-2)57-59-48-12-8-9-13-50(48)74-57;1-3-10(11)13-9-7-5-4-6-8-12-2/h4-5,8-9,12-15,24-31,36-37,39-42H,1-2,6-7,10-11,16-23,32-35H2,3H3;3H,1,4-9H2,2H3/b58-37+;. The summed E-state index contributed by atoms with van der Waals surface area (Å²) in [5.41, 5.74) is 2.12. The predicted molar refractivity (Wildman–Crippen MR) is 330 cm³/mol. The molecule has 2 aliphatic carbocycles. The molecule has 0 amide bonds. The van der Waals surface area contributed by atoms with E-state index in [1.165, 1.54) is 23.6 Å². The zero-order chi connectivity index (χ0) is 62.2. The maximum Gasteiger partial charge on any atom is 0.330 e. The number of anilines is 1. The summed E-state index contributed by atoms with van der Waals surface area (Å²) in [6, 6.07) is 26.4. The number of carbonyl (C=O) groups is 7. The monoisotopic (exact) mass is 1210 g/mol. The van der Waals surface area contributed by atoms with Gasteiger partial charge >= 0.3 is 41.8 Å². The Morgan fingerprint density at radius 1 is 0.529 bits per heavy atom. The molecule has 1 heterocycles. The molecule has 20 heteroatoms. The Morgan fingerprint density at radius 3 is 1.47 bits per heavy atom. The number of hydrogen-bond donors (Lipinski definition) is 0. The zero-order valence-corrected chi connectivity index (χ0v) is 50.6. The second-order valence-corrected chi connectivity index (χ2v) is 21.9. The van der Waals surface area contributed by atoms with E-state index in [1.807, 2.05) is 43.3 Å². The van der Waals surface area contributed by atoms with Crippen molar-refractivity contribution in [1.82, 2.24) is 4.98 Å². The normalized spacial score (nSPS) is 16.2. The molecule has 1 aromatic heterocycles. The molecule has 2 aliphatic rings. The average molecular weight is 1210 g/mol.